The first-order chi connectivity index (χ1) is 10.3. The molecule has 21 heavy (non-hydrogen) atoms. The van der Waals surface area contributed by atoms with Crippen LogP contribution in [-0.2, 0) is 7.05 Å². The quantitative estimate of drug-likeness (QED) is 0.709. The molecule has 1 fully saturated rings. The van der Waals surface area contributed by atoms with Crippen molar-refractivity contribution in [1.29, 1.82) is 0 Å². The Morgan fingerprint density at radius 2 is 2.29 bits per heavy atom. The zero-order chi connectivity index (χ0) is 14.4. The lowest BCUT2D eigenvalue weighted by Gasteiger charge is -2.12. The van der Waals surface area contributed by atoms with Gasteiger partial charge in [0.25, 0.3) is 0 Å². The van der Waals surface area contributed by atoms with Crippen molar-refractivity contribution in [3.8, 4) is 10.6 Å². The zero-order valence-electron chi connectivity index (χ0n) is 12.2. The van der Waals surface area contributed by atoms with Crippen molar-refractivity contribution in [2.45, 2.75) is 19.3 Å². The van der Waals surface area contributed by atoms with E-state index in [1.54, 1.807) is 17.5 Å². The van der Waals surface area contributed by atoms with E-state index in [-0.39, 0.29) is 0 Å². The molecule has 0 aliphatic carbocycles. The maximum atomic E-state index is 4.89. The molecule has 1 atom stereocenters. The van der Waals surface area contributed by atoms with Gasteiger partial charge in [-0.2, -0.15) is 11.8 Å². The molecular formula is C16H17N3S2. The molecule has 0 radical (unpaired) electrons. The number of thioether (sulfide) groups is 1. The monoisotopic (exact) mass is 315 g/mol. The fourth-order valence-corrected chi connectivity index (χ4v) is 5.53. The number of aryl methyl sites for hydroxylation is 2. The number of rotatable bonds is 2. The second kappa shape index (κ2) is 5.14. The lowest BCUT2D eigenvalue weighted by Crippen LogP contribution is -2.05. The van der Waals surface area contributed by atoms with Gasteiger partial charge in [-0.25, -0.2) is 4.98 Å². The van der Waals surface area contributed by atoms with E-state index in [4.69, 9.17) is 4.98 Å². The van der Waals surface area contributed by atoms with Crippen LogP contribution in [0.2, 0.25) is 0 Å². The van der Waals surface area contributed by atoms with E-state index in [9.17, 15) is 0 Å². The molecule has 4 heterocycles. The molecule has 3 aromatic heterocycles. The van der Waals surface area contributed by atoms with Crippen molar-refractivity contribution >= 4 is 33.4 Å². The Bertz CT molecular complexity index is 745. The predicted molar refractivity (Wildman–Crippen MR) is 91.2 cm³/mol. The van der Waals surface area contributed by atoms with E-state index in [1.165, 1.54) is 39.5 Å². The first-order valence-electron chi connectivity index (χ1n) is 7.19. The molecule has 0 aromatic carbocycles. The molecule has 0 spiro atoms. The summed E-state index contributed by atoms with van der Waals surface area (Å²) < 4.78 is 2.37. The van der Waals surface area contributed by atoms with Crippen molar-refractivity contribution in [3.63, 3.8) is 0 Å². The van der Waals surface area contributed by atoms with Gasteiger partial charge in [0.05, 0.1) is 0 Å². The number of pyridine rings is 1. The van der Waals surface area contributed by atoms with E-state index >= 15 is 0 Å². The Balaban J connectivity index is 1.85. The second-order valence-corrected chi connectivity index (χ2v) is 7.67. The molecule has 1 saturated heterocycles. The van der Waals surface area contributed by atoms with Crippen molar-refractivity contribution in [2.75, 3.05) is 11.5 Å². The van der Waals surface area contributed by atoms with Crippen molar-refractivity contribution in [2.24, 2.45) is 7.05 Å². The van der Waals surface area contributed by atoms with Gasteiger partial charge in [0, 0.05) is 42.4 Å². The molecule has 1 aliphatic rings. The van der Waals surface area contributed by atoms with E-state index < -0.39 is 0 Å². The minimum atomic E-state index is 0.697. The van der Waals surface area contributed by atoms with Gasteiger partial charge >= 0.3 is 0 Å². The first-order valence-corrected chi connectivity index (χ1v) is 9.16. The molecule has 3 aromatic rings. The molecule has 1 aliphatic heterocycles. The van der Waals surface area contributed by atoms with Gasteiger partial charge in [-0.3, -0.25) is 4.98 Å². The van der Waals surface area contributed by atoms with E-state index in [2.05, 4.69) is 41.4 Å². The van der Waals surface area contributed by atoms with Crippen LogP contribution in [0.25, 0.3) is 20.9 Å². The minimum absolute atomic E-state index is 0.697. The van der Waals surface area contributed by atoms with Crippen molar-refractivity contribution in [3.05, 3.63) is 35.8 Å². The third-order valence-electron chi connectivity index (χ3n) is 4.24. The standard InChI is InChI=1S/C16H17N3S2/c1-10-13-16(19(2)14(10)12-5-7-20-9-12)21-15(18-13)11-4-3-6-17-8-11/h3-4,6,8,12H,5,7,9H2,1-2H3. The summed E-state index contributed by atoms with van der Waals surface area (Å²) >= 11 is 3.84. The SMILES string of the molecule is Cc1c(C2CCSC2)n(C)c2sc(-c3cccnc3)nc12. The first kappa shape index (κ1) is 13.3. The highest BCUT2D eigenvalue weighted by atomic mass is 32.2. The van der Waals surface area contributed by atoms with Gasteiger partial charge in [0.15, 0.2) is 0 Å². The number of hydrogen-bond acceptors (Lipinski definition) is 4. The van der Waals surface area contributed by atoms with Crippen LogP contribution >= 0.6 is 23.1 Å². The van der Waals surface area contributed by atoms with Crippen molar-refractivity contribution in [1.82, 2.24) is 14.5 Å². The summed E-state index contributed by atoms with van der Waals surface area (Å²) in [5, 5.41) is 1.07. The average molecular weight is 315 g/mol. The molecule has 0 amide bonds. The van der Waals surface area contributed by atoms with E-state index in [1.807, 2.05) is 12.3 Å². The minimum Gasteiger partial charge on any atom is -0.338 e. The van der Waals surface area contributed by atoms with Crippen LogP contribution < -0.4 is 0 Å². The summed E-state index contributed by atoms with van der Waals surface area (Å²) in [4.78, 5) is 10.4. The van der Waals surface area contributed by atoms with Crippen LogP contribution in [0.15, 0.2) is 24.5 Å². The molecule has 5 heteroatoms. The smallest absolute Gasteiger partial charge is 0.127 e. The summed E-state index contributed by atoms with van der Waals surface area (Å²) in [6, 6.07) is 4.05. The Morgan fingerprint density at radius 1 is 1.38 bits per heavy atom. The molecule has 3 nitrogen and oxygen atoms in total. The van der Waals surface area contributed by atoms with Crippen LogP contribution in [0.1, 0.15) is 23.6 Å². The Labute approximate surface area is 132 Å². The number of nitrogens with zero attached hydrogens (tertiary/aromatic N) is 3. The van der Waals surface area contributed by atoms with E-state index in [0.29, 0.717) is 5.92 Å². The molecule has 0 N–H and O–H groups in total. The Hall–Kier alpha value is -1.33. The largest absolute Gasteiger partial charge is 0.338 e. The average Bonchev–Trinajstić information content (AvgIpc) is 3.20. The molecule has 1 unspecified atom stereocenters. The second-order valence-electron chi connectivity index (χ2n) is 5.54. The fraction of sp³-hybridized carbons (Fsp3) is 0.375. The summed E-state index contributed by atoms with van der Waals surface area (Å²) in [5.41, 5.74) is 5.14. The lowest BCUT2D eigenvalue weighted by atomic mass is 10.0. The Kier molecular flexibility index (Phi) is 3.27. The van der Waals surface area contributed by atoms with Crippen LogP contribution in [-0.4, -0.2) is 26.0 Å². The topological polar surface area (TPSA) is 30.7 Å². The van der Waals surface area contributed by atoms with Gasteiger partial charge < -0.3 is 4.57 Å². The third-order valence-corrected chi connectivity index (χ3v) is 6.58. The number of fused-ring (bicyclic) bond motifs is 1. The van der Waals surface area contributed by atoms with Gasteiger partial charge in [0.1, 0.15) is 15.4 Å². The zero-order valence-corrected chi connectivity index (χ0v) is 13.8. The number of thiazole rings is 1. The number of aromatic nitrogens is 3. The third kappa shape index (κ3) is 2.10. The molecule has 0 saturated carbocycles. The molecule has 108 valence electrons. The molecule has 4 rings (SSSR count). The van der Waals surface area contributed by atoms with Crippen molar-refractivity contribution < 1.29 is 0 Å². The van der Waals surface area contributed by atoms with Gasteiger partial charge in [-0.15, -0.1) is 0 Å². The maximum Gasteiger partial charge on any atom is 0.127 e. The lowest BCUT2D eigenvalue weighted by molar-refractivity contribution is 0.703. The highest BCUT2D eigenvalue weighted by molar-refractivity contribution is 7.99. The van der Waals surface area contributed by atoms with Crippen LogP contribution in [0, 0.1) is 6.92 Å². The summed E-state index contributed by atoms with van der Waals surface area (Å²) in [6.45, 7) is 2.23. The van der Waals surface area contributed by atoms with Crippen LogP contribution in [0.5, 0.6) is 0 Å². The van der Waals surface area contributed by atoms with E-state index in [0.717, 1.165) is 10.6 Å². The highest BCUT2D eigenvalue weighted by Gasteiger charge is 2.26. The normalized spacial score (nSPS) is 18.7. The van der Waals surface area contributed by atoms with Crippen LogP contribution in [0.3, 0.4) is 0 Å². The summed E-state index contributed by atoms with van der Waals surface area (Å²) in [5.74, 6) is 3.24. The molecule has 0 bridgehead atoms. The van der Waals surface area contributed by atoms with Crippen LogP contribution in [0.4, 0.5) is 0 Å². The highest BCUT2D eigenvalue weighted by Crippen LogP contribution is 2.40. The fourth-order valence-electron chi connectivity index (χ4n) is 3.21. The predicted octanol–water partition coefficient (Wildman–Crippen LogP) is 4.23. The summed E-state index contributed by atoms with van der Waals surface area (Å²) in [7, 11) is 2.19. The molecular weight excluding hydrogens is 298 g/mol. The number of hydrogen-bond donors (Lipinski definition) is 0. The van der Waals surface area contributed by atoms with Gasteiger partial charge in [-0.05, 0) is 36.8 Å². The van der Waals surface area contributed by atoms with Gasteiger partial charge in [0.2, 0.25) is 0 Å². The maximum absolute atomic E-state index is 4.89. The van der Waals surface area contributed by atoms with Gasteiger partial charge in [-0.1, -0.05) is 11.3 Å². The Morgan fingerprint density at radius 3 is 2.95 bits per heavy atom. The summed E-state index contributed by atoms with van der Waals surface area (Å²) in [6.07, 6.45) is 4.99.